The Balaban J connectivity index is 0.00000324. The Kier molecular flexibility index (Phi) is 8.35. The first-order valence-corrected chi connectivity index (χ1v) is 5.88. The van der Waals surface area contributed by atoms with Crippen LogP contribution in [0.15, 0.2) is 23.2 Å². The number of hydrogen-bond acceptors (Lipinski definition) is 2. The molecule has 0 spiro atoms. The van der Waals surface area contributed by atoms with E-state index in [1.165, 1.54) is 0 Å². The lowest BCUT2D eigenvalue weighted by atomic mass is 10.2. The maximum absolute atomic E-state index is 6.00. The molecule has 6 heteroatoms. The summed E-state index contributed by atoms with van der Waals surface area (Å²) in [6, 6.07) is 5.03. The zero-order valence-corrected chi connectivity index (χ0v) is 13.9. The molecule has 1 aromatic carbocycles. The fourth-order valence-electron chi connectivity index (χ4n) is 1.34. The van der Waals surface area contributed by atoms with Crippen molar-refractivity contribution < 1.29 is 4.74 Å². The van der Waals surface area contributed by atoms with Crippen molar-refractivity contribution in [3.05, 3.63) is 23.2 Å². The van der Waals surface area contributed by atoms with Crippen LogP contribution in [0.25, 0.3) is 0 Å². The molecule has 0 aromatic heterocycles. The van der Waals surface area contributed by atoms with Crippen molar-refractivity contribution in [1.82, 2.24) is 0 Å². The average molecular weight is 394 g/mol. The van der Waals surface area contributed by atoms with Crippen LogP contribution in [0.4, 0.5) is 5.69 Å². The van der Waals surface area contributed by atoms with Crippen LogP contribution in [-0.2, 0) is 0 Å². The minimum Gasteiger partial charge on any atom is -0.495 e. The predicted molar refractivity (Wildman–Crippen MR) is 91.6 cm³/mol. The van der Waals surface area contributed by atoms with Gasteiger partial charge >= 0.3 is 0 Å². The number of aliphatic imine (C=N–C) groups is 1. The van der Waals surface area contributed by atoms with Crippen molar-refractivity contribution >= 4 is 47.2 Å². The minimum atomic E-state index is -0.216. The molecule has 0 fully saturated rings. The third kappa shape index (κ3) is 5.57. The number of nitrogens with one attached hydrogen (secondary N) is 1. The fraction of sp³-hybridized carbons (Fsp3) is 0.308. The Hall–Kier alpha value is -1.13. The van der Waals surface area contributed by atoms with Gasteiger partial charge in [-0.25, -0.2) is 4.99 Å². The van der Waals surface area contributed by atoms with Crippen molar-refractivity contribution in [2.24, 2.45) is 10.7 Å². The number of terminal acetylenes is 1. The summed E-state index contributed by atoms with van der Waals surface area (Å²) in [4.78, 5) is 4.15. The summed E-state index contributed by atoms with van der Waals surface area (Å²) in [5.74, 6) is 3.41. The number of methoxy groups -OCH3 is 1. The number of anilines is 1. The van der Waals surface area contributed by atoms with Crippen LogP contribution in [0, 0.1) is 12.3 Å². The number of rotatable bonds is 4. The van der Waals surface area contributed by atoms with E-state index in [0.29, 0.717) is 10.8 Å². The van der Waals surface area contributed by atoms with Gasteiger partial charge in [-0.05, 0) is 24.6 Å². The van der Waals surface area contributed by atoms with Crippen molar-refractivity contribution in [3.63, 3.8) is 0 Å². The van der Waals surface area contributed by atoms with E-state index in [1.807, 2.05) is 6.92 Å². The predicted octanol–water partition coefficient (Wildman–Crippen LogP) is 3.11. The van der Waals surface area contributed by atoms with Gasteiger partial charge in [0.05, 0.1) is 12.1 Å². The SMILES string of the molecule is C#CC(CC)N=C(N)Nc1ccc(OC)c(Cl)c1.I. The molecular formula is C13H17ClIN3O. The molecule has 0 radical (unpaired) electrons. The molecule has 0 aliphatic rings. The molecular weight excluding hydrogens is 377 g/mol. The summed E-state index contributed by atoms with van der Waals surface area (Å²) >= 11 is 6.00. The molecule has 1 rings (SSSR count). The molecule has 3 N–H and O–H groups in total. The second-order valence-electron chi connectivity index (χ2n) is 3.58. The van der Waals surface area contributed by atoms with Gasteiger partial charge in [-0.2, -0.15) is 0 Å². The fourth-order valence-corrected chi connectivity index (χ4v) is 1.60. The first-order chi connectivity index (χ1) is 8.60. The van der Waals surface area contributed by atoms with Crippen LogP contribution < -0.4 is 15.8 Å². The molecule has 0 amide bonds. The van der Waals surface area contributed by atoms with Gasteiger partial charge in [0.2, 0.25) is 0 Å². The number of benzene rings is 1. The highest BCUT2D eigenvalue weighted by atomic mass is 127. The lowest BCUT2D eigenvalue weighted by Crippen LogP contribution is -2.24. The van der Waals surface area contributed by atoms with Gasteiger partial charge in [0, 0.05) is 5.69 Å². The highest BCUT2D eigenvalue weighted by Gasteiger charge is 2.04. The molecule has 0 heterocycles. The van der Waals surface area contributed by atoms with Crippen molar-refractivity contribution in [2.45, 2.75) is 19.4 Å². The largest absolute Gasteiger partial charge is 0.495 e. The summed E-state index contributed by atoms with van der Waals surface area (Å²) < 4.78 is 5.06. The average Bonchev–Trinajstić information content (AvgIpc) is 2.36. The van der Waals surface area contributed by atoms with Gasteiger partial charge in [0.1, 0.15) is 11.8 Å². The van der Waals surface area contributed by atoms with Gasteiger partial charge < -0.3 is 15.8 Å². The number of nitrogens with two attached hydrogens (primary N) is 1. The van der Waals surface area contributed by atoms with E-state index in [2.05, 4.69) is 16.2 Å². The number of nitrogens with zero attached hydrogens (tertiary/aromatic N) is 1. The van der Waals surface area contributed by atoms with Crippen LogP contribution in [0.3, 0.4) is 0 Å². The smallest absolute Gasteiger partial charge is 0.194 e. The van der Waals surface area contributed by atoms with E-state index in [1.54, 1.807) is 25.3 Å². The Bertz CT molecular complexity index is 485. The molecule has 1 aromatic rings. The first kappa shape index (κ1) is 17.9. The Morgan fingerprint density at radius 1 is 1.63 bits per heavy atom. The third-order valence-electron chi connectivity index (χ3n) is 2.30. The summed E-state index contributed by atoms with van der Waals surface area (Å²) in [7, 11) is 1.56. The van der Waals surface area contributed by atoms with E-state index in [-0.39, 0.29) is 36.0 Å². The molecule has 1 unspecified atom stereocenters. The number of ether oxygens (including phenoxy) is 1. The Morgan fingerprint density at radius 3 is 2.79 bits per heavy atom. The normalized spacial score (nSPS) is 12.0. The number of hydrogen-bond donors (Lipinski definition) is 2. The third-order valence-corrected chi connectivity index (χ3v) is 2.59. The molecule has 4 nitrogen and oxygen atoms in total. The summed E-state index contributed by atoms with van der Waals surface area (Å²) in [6.07, 6.45) is 6.05. The van der Waals surface area contributed by atoms with Crippen LogP contribution in [0.1, 0.15) is 13.3 Å². The highest BCUT2D eigenvalue weighted by Crippen LogP contribution is 2.26. The molecule has 0 aliphatic carbocycles. The van der Waals surface area contributed by atoms with Crippen molar-refractivity contribution in [2.75, 3.05) is 12.4 Å². The number of halogens is 2. The maximum Gasteiger partial charge on any atom is 0.194 e. The molecule has 19 heavy (non-hydrogen) atoms. The Morgan fingerprint density at radius 2 is 2.32 bits per heavy atom. The zero-order chi connectivity index (χ0) is 13.5. The second kappa shape index (κ2) is 8.88. The highest BCUT2D eigenvalue weighted by molar-refractivity contribution is 14.0. The molecule has 0 saturated carbocycles. The standard InChI is InChI=1S/C13H16ClN3O.HI/c1-4-9(5-2)16-13(15)17-10-6-7-12(18-3)11(14)8-10;/h1,6-9H,5H2,2-3H3,(H3,15,16,17);1H. The minimum absolute atomic E-state index is 0. The van der Waals surface area contributed by atoms with E-state index < -0.39 is 0 Å². The number of guanidine groups is 1. The van der Waals surface area contributed by atoms with Gasteiger partial charge in [0.25, 0.3) is 0 Å². The molecule has 0 saturated heterocycles. The van der Waals surface area contributed by atoms with Gasteiger partial charge in [0.15, 0.2) is 5.96 Å². The summed E-state index contributed by atoms with van der Waals surface area (Å²) in [5.41, 5.74) is 6.48. The van der Waals surface area contributed by atoms with E-state index in [4.69, 9.17) is 28.5 Å². The van der Waals surface area contributed by atoms with E-state index in [0.717, 1.165) is 12.1 Å². The van der Waals surface area contributed by atoms with Crippen LogP contribution in [0.2, 0.25) is 5.02 Å². The van der Waals surface area contributed by atoms with E-state index >= 15 is 0 Å². The van der Waals surface area contributed by atoms with E-state index in [9.17, 15) is 0 Å². The van der Waals surface area contributed by atoms with Crippen LogP contribution in [0.5, 0.6) is 5.75 Å². The quantitative estimate of drug-likeness (QED) is 0.358. The van der Waals surface area contributed by atoms with Gasteiger partial charge in [-0.1, -0.05) is 24.4 Å². The van der Waals surface area contributed by atoms with Crippen molar-refractivity contribution in [1.29, 1.82) is 0 Å². The monoisotopic (exact) mass is 393 g/mol. The maximum atomic E-state index is 6.00. The van der Waals surface area contributed by atoms with Gasteiger partial charge in [-0.3, -0.25) is 0 Å². The summed E-state index contributed by atoms with van der Waals surface area (Å²) in [5, 5.41) is 3.42. The van der Waals surface area contributed by atoms with Crippen LogP contribution >= 0.6 is 35.6 Å². The lowest BCUT2D eigenvalue weighted by molar-refractivity contribution is 0.415. The molecule has 104 valence electrons. The Labute approximate surface area is 135 Å². The lowest BCUT2D eigenvalue weighted by Gasteiger charge is -2.09. The molecule has 1 atom stereocenters. The molecule has 0 aliphatic heterocycles. The zero-order valence-electron chi connectivity index (χ0n) is 10.8. The topological polar surface area (TPSA) is 59.6 Å². The van der Waals surface area contributed by atoms with Crippen LogP contribution in [-0.4, -0.2) is 19.1 Å². The van der Waals surface area contributed by atoms with Gasteiger partial charge in [-0.15, -0.1) is 30.4 Å². The molecule has 0 bridgehead atoms. The second-order valence-corrected chi connectivity index (χ2v) is 3.99. The summed E-state index contributed by atoms with van der Waals surface area (Å²) in [6.45, 7) is 1.95. The van der Waals surface area contributed by atoms with Crippen molar-refractivity contribution in [3.8, 4) is 18.1 Å². The first-order valence-electron chi connectivity index (χ1n) is 5.50.